The lowest BCUT2D eigenvalue weighted by atomic mass is 9.94. The van der Waals surface area contributed by atoms with E-state index in [-0.39, 0.29) is 15.5 Å². The maximum atomic E-state index is 13.3. The van der Waals surface area contributed by atoms with Crippen LogP contribution in [0.15, 0.2) is 46.7 Å². The Bertz CT molecular complexity index is 1400. The number of anilines is 1. The molecule has 1 aliphatic carbocycles. The number of carbonyl (C=O) groups excluding carboxylic acids is 1. The Kier molecular flexibility index (Phi) is 6.32. The van der Waals surface area contributed by atoms with Crippen molar-refractivity contribution in [3.63, 3.8) is 0 Å². The summed E-state index contributed by atoms with van der Waals surface area (Å²) >= 11 is 7.00. The quantitative estimate of drug-likeness (QED) is 0.441. The number of thiophene rings is 1. The summed E-state index contributed by atoms with van der Waals surface area (Å²) in [7, 11) is -3.87. The number of halogens is 1. The van der Waals surface area contributed by atoms with Gasteiger partial charge in [-0.25, -0.2) is 13.4 Å². The molecule has 2 saturated heterocycles. The van der Waals surface area contributed by atoms with Crippen molar-refractivity contribution in [2.75, 3.05) is 31.1 Å². The van der Waals surface area contributed by atoms with Crippen LogP contribution >= 0.6 is 22.9 Å². The molecule has 1 atom stereocenters. The molecule has 36 heavy (non-hydrogen) atoms. The number of hydrogen-bond donors (Lipinski definition) is 1. The Hall–Kier alpha value is -2.04. The second kappa shape index (κ2) is 9.36. The number of nitrogens with zero attached hydrogens (tertiary/aromatic N) is 3. The standard InChI is InChI=1S/C26H29ClN4O3S2/c27-22-10-5-18-16-23(35-24(18)28-22)36(33,34)29-21-4-3-15-31(25(21)32)20-8-6-19(7-9-20)26(11-12-26)17-30-13-1-2-14-30/h5-10,16,21,29H,1-4,11-15,17H2. The van der Waals surface area contributed by atoms with Crippen molar-refractivity contribution in [1.29, 1.82) is 0 Å². The number of pyridine rings is 1. The lowest BCUT2D eigenvalue weighted by molar-refractivity contribution is -0.121. The average Bonchev–Trinajstić information content (AvgIpc) is 3.24. The number of likely N-dealkylation sites (tertiary alicyclic amines) is 1. The molecule has 10 heteroatoms. The first-order valence-corrected chi connectivity index (χ1v) is 15.2. The van der Waals surface area contributed by atoms with Crippen LogP contribution in [0.1, 0.15) is 44.1 Å². The van der Waals surface area contributed by atoms with E-state index >= 15 is 0 Å². The van der Waals surface area contributed by atoms with E-state index in [1.54, 1.807) is 23.1 Å². The number of nitrogens with one attached hydrogen (secondary N) is 1. The molecule has 4 heterocycles. The highest BCUT2D eigenvalue weighted by Gasteiger charge is 2.45. The molecule has 3 fully saturated rings. The van der Waals surface area contributed by atoms with Gasteiger partial charge in [-0.3, -0.25) is 4.79 Å². The summed E-state index contributed by atoms with van der Waals surface area (Å²) < 4.78 is 29.0. The molecule has 0 radical (unpaired) electrons. The highest BCUT2D eigenvalue weighted by Crippen LogP contribution is 2.49. The summed E-state index contributed by atoms with van der Waals surface area (Å²) in [6, 6.07) is 12.5. The van der Waals surface area contributed by atoms with Crippen LogP contribution in [0.4, 0.5) is 5.69 Å². The Morgan fingerprint density at radius 3 is 2.53 bits per heavy atom. The monoisotopic (exact) mass is 544 g/mol. The van der Waals surface area contributed by atoms with Crippen molar-refractivity contribution in [2.45, 2.75) is 54.2 Å². The van der Waals surface area contributed by atoms with Gasteiger partial charge in [0, 0.05) is 29.6 Å². The smallest absolute Gasteiger partial charge is 0.250 e. The molecule has 2 aliphatic heterocycles. The van der Waals surface area contributed by atoms with Crippen molar-refractivity contribution in [2.24, 2.45) is 0 Å². The summed E-state index contributed by atoms with van der Waals surface area (Å²) in [6.07, 6.45) is 6.23. The molecule has 2 aromatic heterocycles. The molecule has 1 N–H and O–H groups in total. The minimum atomic E-state index is -3.87. The summed E-state index contributed by atoms with van der Waals surface area (Å²) in [6.45, 7) is 4.11. The first-order chi connectivity index (χ1) is 17.3. The molecule has 1 unspecified atom stereocenters. The van der Waals surface area contributed by atoms with Crippen molar-refractivity contribution in [3.05, 3.63) is 53.2 Å². The fourth-order valence-electron chi connectivity index (χ4n) is 5.54. The number of sulfonamides is 1. The van der Waals surface area contributed by atoms with Crippen molar-refractivity contribution >= 4 is 54.8 Å². The third-order valence-corrected chi connectivity index (χ3v) is 10.9. The Labute approximate surface area is 220 Å². The van der Waals surface area contributed by atoms with Crippen LogP contribution in [-0.2, 0) is 20.2 Å². The van der Waals surface area contributed by atoms with Crippen LogP contribution in [-0.4, -0.2) is 56.4 Å². The first-order valence-electron chi connectivity index (χ1n) is 12.6. The van der Waals surface area contributed by atoms with E-state index in [0.29, 0.717) is 28.3 Å². The van der Waals surface area contributed by atoms with Crippen LogP contribution in [0.2, 0.25) is 5.15 Å². The maximum absolute atomic E-state index is 13.3. The predicted octanol–water partition coefficient (Wildman–Crippen LogP) is 4.55. The molecular formula is C26H29ClN4O3S2. The van der Waals surface area contributed by atoms with E-state index in [4.69, 9.17) is 11.6 Å². The number of fused-ring (bicyclic) bond motifs is 1. The van der Waals surface area contributed by atoms with Gasteiger partial charge in [-0.15, -0.1) is 11.3 Å². The SMILES string of the molecule is O=C1C(NS(=O)(=O)c2cc3ccc(Cl)nc3s2)CCCN1c1ccc(C2(CN3CCCC3)CC2)cc1. The van der Waals surface area contributed by atoms with E-state index in [0.717, 1.165) is 30.0 Å². The molecular weight excluding hydrogens is 516 g/mol. The summed E-state index contributed by atoms with van der Waals surface area (Å²) in [5, 5.41) is 1.02. The second-order valence-corrected chi connectivity index (χ2v) is 13.6. The van der Waals surface area contributed by atoms with Gasteiger partial charge in [0.2, 0.25) is 5.91 Å². The summed E-state index contributed by atoms with van der Waals surface area (Å²) in [5.74, 6) is -0.210. The van der Waals surface area contributed by atoms with Crippen molar-refractivity contribution < 1.29 is 13.2 Å². The largest absolute Gasteiger partial charge is 0.311 e. The zero-order valence-electron chi connectivity index (χ0n) is 20.0. The Morgan fingerprint density at radius 2 is 1.81 bits per heavy atom. The van der Waals surface area contributed by atoms with Crippen LogP contribution < -0.4 is 9.62 Å². The van der Waals surface area contributed by atoms with Crippen molar-refractivity contribution in [1.82, 2.24) is 14.6 Å². The normalized spacial score (nSPS) is 22.4. The highest BCUT2D eigenvalue weighted by atomic mass is 35.5. The molecule has 1 amide bonds. The zero-order valence-corrected chi connectivity index (χ0v) is 22.3. The van der Waals surface area contributed by atoms with Crippen LogP contribution in [0.25, 0.3) is 10.2 Å². The molecule has 1 aromatic carbocycles. The summed E-state index contributed by atoms with van der Waals surface area (Å²) in [5.41, 5.74) is 2.43. The highest BCUT2D eigenvalue weighted by molar-refractivity contribution is 7.91. The molecule has 190 valence electrons. The topological polar surface area (TPSA) is 82.6 Å². The molecule has 3 aromatic rings. The third-order valence-electron chi connectivity index (χ3n) is 7.70. The lowest BCUT2D eigenvalue weighted by Crippen LogP contribution is -2.52. The second-order valence-electron chi connectivity index (χ2n) is 10.2. The van der Waals surface area contributed by atoms with Gasteiger partial charge in [-0.05, 0) is 87.5 Å². The van der Waals surface area contributed by atoms with Gasteiger partial charge in [-0.1, -0.05) is 23.7 Å². The van der Waals surface area contributed by atoms with Gasteiger partial charge in [-0.2, -0.15) is 4.72 Å². The number of benzene rings is 1. The van der Waals surface area contributed by atoms with E-state index in [1.165, 1.54) is 44.3 Å². The van der Waals surface area contributed by atoms with Gasteiger partial charge in [0.25, 0.3) is 10.0 Å². The van der Waals surface area contributed by atoms with Crippen LogP contribution in [0.5, 0.6) is 0 Å². The number of amides is 1. The first kappa shape index (κ1) is 24.3. The third kappa shape index (κ3) is 4.67. The van der Waals surface area contributed by atoms with Crippen LogP contribution in [0, 0.1) is 0 Å². The van der Waals surface area contributed by atoms with E-state index in [2.05, 4.69) is 26.7 Å². The van der Waals surface area contributed by atoms with Gasteiger partial charge < -0.3 is 9.80 Å². The van der Waals surface area contributed by atoms with E-state index in [1.807, 2.05) is 12.1 Å². The molecule has 1 saturated carbocycles. The molecule has 0 bridgehead atoms. The number of hydrogen-bond acceptors (Lipinski definition) is 6. The summed E-state index contributed by atoms with van der Waals surface area (Å²) in [4.78, 5) is 22.4. The number of piperidine rings is 1. The lowest BCUT2D eigenvalue weighted by Gasteiger charge is -2.32. The van der Waals surface area contributed by atoms with Gasteiger partial charge in [0.15, 0.2) is 0 Å². The Balaban J connectivity index is 1.16. The molecule has 6 rings (SSSR count). The Morgan fingerprint density at radius 1 is 1.06 bits per heavy atom. The fraction of sp³-hybridized carbons (Fsp3) is 0.462. The fourth-order valence-corrected chi connectivity index (χ4v) is 8.32. The molecule has 0 spiro atoms. The zero-order chi connectivity index (χ0) is 24.9. The van der Waals surface area contributed by atoms with E-state index in [9.17, 15) is 13.2 Å². The molecule has 3 aliphatic rings. The minimum absolute atomic E-state index is 0.134. The van der Waals surface area contributed by atoms with Gasteiger partial charge >= 0.3 is 0 Å². The number of carbonyl (C=O) groups is 1. The number of rotatable bonds is 7. The number of aromatic nitrogens is 1. The van der Waals surface area contributed by atoms with Gasteiger partial charge in [0.1, 0.15) is 20.2 Å². The minimum Gasteiger partial charge on any atom is -0.311 e. The maximum Gasteiger partial charge on any atom is 0.250 e. The van der Waals surface area contributed by atoms with E-state index < -0.39 is 16.1 Å². The van der Waals surface area contributed by atoms with Crippen LogP contribution in [0.3, 0.4) is 0 Å². The van der Waals surface area contributed by atoms with Crippen molar-refractivity contribution in [3.8, 4) is 0 Å². The predicted molar refractivity (Wildman–Crippen MR) is 143 cm³/mol. The van der Waals surface area contributed by atoms with Gasteiger partial charge in [0.05, 0.1) is 0 Å². The molecule has 7 nitrogen and oxygen atoms in total. The average molecular weight is 545 g/mol.